The van der Waals surface area contributed by atoms with E-state index in [-0.39, 0.29) is 28.9 Å². The number of alkyl halides is 1. The number of carboxylic acid groups (broad SMARTS) is 1. The summed E-state index contributed by atoms with van der Waals surface area (Å²) in [6.07, 6.45) is 7.89. The molecule has 0 spiro atoms. The number of carboxylic acids is 1. The molecule has 5 atom stereocenters. The fourth-order valence-electron chi connectivity index (χ4n) is 4.12. The van der Waals surface area contributed by atoms with Gasteiger partial charge in [-0.3, -0.25) is 4.79 Å². The van der Waals surface area contributed by atoms with Gasteiger partial charge in [0.25, 0.3) is 0 Å². The minimum atomic E-state index is -0.776. The second-order valence-corrected chi connectivity index (χ2v) is 9.25. The first-order chi connectivity index (χ1) is 12.5. The number of rotatable bonds is 8. The number of aliphatic carboxylic acids is 1. The van der Waals surface area contributed by atoms with Gasteiger partial charge in [-0.05, 0) is 49.7 Å². The van der Waals surface area contributed by atoms with Gasteiger partial charge < -0.3 is 15.3 Å². The fraction of sp³-hybridized carbons (Fsp3) is 0.850. The van der Waals surface area contributed by atoms with Crippen LogP contribution < -0.4 is 0 Å². The second kappa shape index (κ2) is 11.4. The third kappa shape index (κ3) is 6.96. The molecule has 6 heteroatoms. The Bertz CT molecular complexity index is 498. The number of unbranched alkanes of at least 4 members (excludes halogenated alkanes) is 1. The van der Waals surface area contributed by atoms with Crippen molar-refractivity contribution in [2.24, 2.45) is 17.8 Å². The predicted molar refractivity (Wildman–Crippen MR) is 106 cm³/mol. The second-order valence-electron chi connectivity index (χ2n) is 7.58. The van der Waals surface area contributed by atoms with Crippen LogP contribution in [0.2, 0.25) is 0 Å². The summed E-state index contributed by atoms with van der Waals surface area (Å²) >= 11 is 7.87. The molecule has 0 aromatic rings. The van der Waals surface area contributed by atoms with Crippen molar-refractivity contribution in [3.8, 4) is 11.8 Å². The summed E-state index contributed by atoms with van der Waals surface area (Å²) in [7, 11) is 0. The van der Waals surface area contributed by atoms with E-state index in [0.717, 1.165) is 37.9 Å². The fourth-order valence-corrected chi connectivity index (χ4v) is 5.31. The van der Waals surface area contributed by atoms with Crippen LogP contribution in [0.4, 0.5) is 0 Å². The maximum Gasteiger partial charge on any atom is 0.313 e. The Balaban J connectivity index is 1.81. The average molecular weight is 403 g/mol. The lowest BCUT2D eigenvalue weighted by molar-refractivity contribution is -0.133. The van der Waals surface area contributed by atoms with E-state index >= 15 is 0 Å². The first kappa shape index (κ1) is 21.9. The molecule has 0 heterocycles. The molecule has 2 aliphatic rings. The molecule has 2 saturated carbocycles. The van der Waals surface area contributed by atoms with E-state index in [1.54, 1.807) is 0 Å². The normalized spacial score (nSPS) is 30.6. The van der Waals surface area contributed by atoms with E-state index in [1.807, 2.05) is 0 Å². The lowest BCUT2D eigenvalue weighted by Crippen LogP contribution is -2.23. The van der Waals surface area contributed by atoms with Crippen molar-refractivity contribution < 1.29 is 20.1 Å². The van der Waals surface area contributed by atoms with E-state index in [4.69, 9.17) is 16.7 Å². The highest BCUT2D eigenvalue weighted by Gasteiger charge is 2.40. The standard InChI is InChI=1S/C20H31ClO4S/c21-17-12-19(23)16(9-10-18(22)14-6-2-1-3-7-14)15(17)8-4-5-11-26-13-20(24)25/h14-19,22-23H,1-8,11-13H2,(H,24,25)/t15-,16-,17-,18+,19-/m1/s1. The van der Waals surface area contributed by atoms with Crippen molar-refractivity contribution in [3.63, 3.8) is 0 Å². The molecule has 0 saturated heterocycles. The monoisotopic (exact) mass is 402 g/mol. The molecule has 0 aromatic heterocycles. The Hall–Kier alpha value is -0.410. The maximum absolute atomic E-state index is 10.5. The zero-order chi connectivity index (χ0) is 18.9. The maximum atomic E-state index is 10.5. The summed E-state index contributed by atoms with van der Waals surface area (Å²) in [6.45, 7) is 0. The highest BCUT2D eigenvalue weighted by atomic mass is 35.5. The Morgan fingerprint density at radius 1 is 1.23 bits per heavy atom. The number of carbonyl (C=O) groups is 1. The van der Waals surface area contributed by atoms with Crippen LogP contribution >= 0.6 is 23.4 Å². The molecule has 0 amide bonds. The largest absolute Gasteiger partial charge is 0.481 e. The molecule has 3 N–H and O–H groups in total. The minimum absolute atomic E-state index is 0.0807. The average Bonchev–Trinajstić information content (AvgIpc) is 2.89. The van der Waals surface area contributed by atoms with Crippen LogP contribution in [0.1, 0.15) is 57.8 Å². The summed E-state index contributed by atoms with van der Waals surface area (Å²) in [5.74, 6) is 6.62. The molecule has 0 aromatic carbocycles. The molecule has 0 aliphatic heterocycles. The third-order valence-corrected chi connectivity index (χ3v) is 7.13. The summed E-state index contributed by atoms with van der Waals surface area (Å²) in [5, 5.41) is 29.2. The van der Waals surface area contributed by atoms with Crippen LogP contribution in [-0.4, -0.2) is 50.4 Å². The van der Waals surface area contributed by atoms with Gasteiger partial charge in [0.2, 0.25) is 0 Å². The zero-order valence-corrected chi connectivity index (χ0v) is 16.9. The molecule has 0 radical (unpaired) electrons. The predicted octanol–water partition coefficient (Wildman–Crippen LogP) is 3.52. The summed E-state index contributed by atoms with van der Waals surface area (Å²) in [5.41, 5.74) is 0. The van der Waals surface area contributed by atoms with Crippen molar-refractivity contribution in [1.29, 1.82) is 0 Å². The SMILES string of the molecule is O=C(O)CSCCCC[C@@H]1[C@@H](C#C[C@H](O)C2CCCCC2)[C@H](O)C[C@H]1Cl. The molecule has 4 nitrogen and oxygen atoms in total. The van der Waals surface area contributed by atoms with Gasteiger partial charge in [-0.1, -0.05) is 37.5 Å². The zero-order valence-electron chi connectivity index (χ0n) is 15.3. The first-order valence-electron chi connectivity index (χ1n) is 9.80. The molecule has 0 unspecified atom stereocenters. The van der Waals surface area contributed by atoms with E-state index in [2.05, 4.69) is 11.8 Å². The van der Waals surface area contributed by atoms with Crippen LogP contribution in [0.25, 0.3) is 0 Å². The first-order valence-corrected chi connectivity index (χ1v) is 11.4. The van der Waals surface area contributed by atoms with Crippen LogP contribution in [-0.2, 0) is 4.79 Å². The van der Waals surface area contributed by atoms with E-state index in [1.165, 1.54) is 31.0 Å². The van der Waals surface area contributed by atoms with Crippen molar-refractivity contribution >= 4 is 29.3 Å². The highest BCUT2D eigenvalue weighted by Crippen LogP contribution is 2.39. The quantitative estimate of drug-likeness (QED) is 0.329. The highest BCUT2D eigenvalue weighted by molar-refractivity contribution is 7.99. The molecule has 2 rings (SSSR count). The molecule has 148 valence electrons. The minimum Gasteiger partial charge on any atom is -0.481 e. The Morgan fingerprint density at radius 3 is 2.65 bits per heavy atom. The van der Waals surface area contributed by atoms with Gasteiger partial charge in [0, 0.05) is 5.38 Å². The van der Waals surface area contributed by atoms with E-state index in [9.17, 15) is 15.0 Å². The Kier molecular flexibility index (Phi) is 9.63. The number of hydrogen-bond donors (Lipinski definition) is 3. The van der Waals surface area contributed by atoms with E-state index < -0.39 is 18.2 Å². The smallest absolute Gasteiger partial charge is 0.313 e. The van der Waals surface area contributed by atoms with Crippen molar-refractivity contribution in [1.82, 2.24) is 0 Å². The number of hydrogen-bond acceptors (Lipinski definition) is 4. The van der Waals surface area contributed by atoms with Gasteiger partial charge in [-0.15, -0.1) is 11.6 Å². The van der Waals surface area contributed by atoms with Gasteiger partial charge in [0.1, 0.15) is 6.10 Å². The van der Waals surface area contributed by atoms with Gasteiger partial charge in [0.05, 0.1) is 17.8 Å². The summed E-state index contributed by atoms with van der Waals surface area (Å²) in [4.78, 5) is 10.5. The number of thioether (sulfide) groups is 1. The summed E-state index contributed by atoms with van der Waals surface area (Å²) in [6, 6.07) is 0. The van der Waals surface area contributed by atoms with Crippen LogP contribution in [0, 0.1) is 29.6 Å². The van der Waals surface area contributed by atoms with Gasteiger partial charge in [-0.2, -0.15) is 11.8 Å². The van der Waals surface area contributed by atoms with Crippen LogP contribution in [0.5, 0.6) is 0 Å². The molecular weight excluding hydrogens is 372 g/mol. The molecular formula is C20H31ClO4S. The number of halogens is 1. The number of aliphatic hydroxyl groups excluding tert-OH is 2. The third-order valence-electron chi connectivity index (χ3n) is 5.60. The topological polar surface area (TPSA) is 77.8 Å². The van der Waals surface area contributed by atoms with Gasteiger partial charge in [0.15, 0.2) is 0 Å². The lowest BCUT2D eigenvalue weighted by atomic mass is 9.84. The van der Waals surface area contributed by atoms with Crippen molar-refractivity contribution in [3.05, 3.63) is 0 Å². The van der Waals surface area contributed by atoms with Crippen LogP contribution in [0.3, 0.4) is 0 Å². The number of aliphatic hydroxyl groups is 2. The molecule has 2 aliphatic carbocycles. The van der Waals surface area contributed by atoms with Crippen molar-refractivity contribution in [2.75, 3.05) is 11.5 Å². The van der Waals surface area contributed by atoms with E-state index in [0.29, 0.717) is 6.42 Å². The van der Waals surface area contributed by atoms with Gasteiger partial charge >= 0.3 is 5.97 Å². The Labute approximate surface area is 166 Å². The molecule has 2 fully saturated rings. The van der Waals surface area contributed by atoms with Crippen LogP contribution in [0.15, 0.2) is 0 Å². The Morgan fingerprint density at radius 2 is 1.96 bits per heavy atom. The summed E-state index contributed by atoms with van der Waals surface area (Å²) < 4.78 is 0. The molecule has 0 bridgehead atoms. The molecule has 26 heavy (non-hydrogen) atoms. The van der Waals surface area contributed by atoms with Gasteiger partial charge in [-0.25, -0.2) is 0 Å². The van der Waals surface area contributed by atoms with Crippen molar-refractivity contribution in [2.45, 2.75) is 75.4 Å². The lowest BCUT2D eigenvalue weighted by Gasteiger charge is -2.24.